The van der Waals surface area contributed by atoms with Crippen LogP contribution in [0.2, 0.25) is 0 Å². The highest BCUT2D eigenvalue weighted by Gasteiger charge is 2.29. The van der Waals surface area contributed by atoms with Gasteiger partial charge in [-0.05, 0) is 31.4 Å². The molecule has 7 nitrogen and oxygen atoms in total. The number of likely N-dealkylation sites (N-methyl/N-ethyl adjacent to an activating group) is 1. The number of rotatable bonds is 8. The molecule has 1 aliphatic rings. The SMILES string of the molecule is CC[C@@H](Nc1cc(-c2cnc(CC(=O)C3CC3)cn2)ccc1C#N)C(=O)N(C)C. The van der Waals surface area contributed by atoms with Crippen molar-refractivity contribution in [2.75, 3.05) is 19.4 Å². The van der Waals surface area contributed by atoms with Gasteiger partial charge >= 0.3 is 0 Å². The zero-order valence-electron chi connectivity index (χ0n) is 17.0. The van der Waals surface area contributed by atoms with Crippen molar-refractivity contribution in [1.82, 2.24) is 14.9 Å². The molecular weight excluding hydrogens is 366 g/mol. The van der Waals surface area contributed by atoms with Crippen molar-refractivity contribution in [3.8, 4) is 17.3 Å². The predicted octanol–water partition coefficient (Wildman–Crippen LogP) is 2.82. The first kappa shape index (κ1) is 20.5. The van der Waals surface area contributed by atoms with Crippen LogP contribution < -0.4 is 5.32 Å². The third kappa shape index (κ3) is 4.96. The van der Waals surface area contributed by atoms with Gasteiger partial charge in [-0.1, -0.05) is 13.0 Å². The van der Waals surface area contributed by atoms with Gasteiger partial charge in [0.25, 0.3) is 0 Å². The van der Waals surface area contributed by atoms with Crippen LogP contribution in [0.3, 0.4) is 0 Å². The fourth-order valence-corrected chi connectivity index (χ4v) is 3.08. The molecule has 0 unspecified atom stereocenters. The van der Waals surface area contributed by atoms with Crippen LogP contribution in [0.5, 0.6) is 0 Å². The van der Waals surface area contributed by atoms with Crippen LogP contribution in [-0.4, -0.2) is 46.7 Å². The lowest BCUT2D eigenvalue weighted by atomic mass is 10.1. The van der Waals surface area contributed by atoms with Crippen LogP contribution >= 0.6 is 0 Å². The molecule has 7 heteroatoms. The van der Waals surface area contributed by atoms with E-state index >= 15 is 0 Å². The fraction of sp³-hybridized carbons (Fsp3) is 0.409. The van der Waals surface area contributed by atoms with Crippen molar-refractivity contribution >= 4 is 17.4 Å². The molecule has 1 heterocycles. The first-order valence-electron chi connectivity index (χ1n) is 9.78. The van der Waals surface area contributed by atoms with Crippen molar-refractivity contribution in [3.63, 3.8) is 0 Å². The van der Waals surface area contributed by atoms with Gasteiger partial charge in [-0.15, -0.1) is 0 Å². The van der Waals surface area contributed by atoms with Crippen molar-refractivity contribution in [2.24, 2.45) is 5.92 Å². The lowest BCUT2D eigenvalue weighted by molar-refractivity contribution is -0.129. The Bertz CT molecular complexity index is 943. The number of nitrogens with zero attached hydrogens (tertiary/aromatic N) is 4. The number of nitrogens with one attached hydrogen (secondary N) is 1. The van der Waals surface area contributed by atoms with Gasteiger partial charge in [0.05, 0.1) is 35.3 Å². The Hall–Kier alpha value is -3.27. The second-order valence-corrected chi connectivity index (χ2v) is 7.52. The minimum absolute atomic E-state index is 0.0498. The number of carbonyl (C=O) groups excluding carboxylic acids is 2. The molecule has 1 aromatic carbocycles. The second kappa shape index (κ2) is 8.82. The largest absolute Gasteiger partial charge is 0.373 e. The smallest absolute Gasteiger partial charge is 0.244 e. The first-order valence-corrected chi connectivity index (χ1v) is 9.78. The lowest BCUT2D eigenvalue weighted by Gasteiger charge is -2.22. The standard InChI is InChI=1S/C22H25N5O2/c1-4-18(22(29)27(2)3)26-19-9-15(7-8-16(19)11-23)20-13-24-17(12-25-20)10-21(28)14-5-6-14/h7-9,12-14,18,26H,4-6,10H2,1-3H3/t18-/m1/s1. The van der Waals surface area contributed by atoms with Crippen molar-refractivity contribution in [2.45, 2.75) is 38.6 Å². The maximum Gasteiger partial charge on any atom is 0.244 e. The van der Waals surface area contributed by atoms with E-state index in [1.54, 1.807) is 38.6 Å². The molecule has 1 aromatic heterocycles. The number of hydrogen-bond acceptors (Lipinski definition) is 6. The maximum atomic E-state index is 12.3. The highest BCUT2D eigenvalue weighted by molar-refractivity contribution is 5.85. The van der Waals surface area contributed by atoms with Gasteiger partial charge < -0.3 is 10.2 Å². The van der Waals surface area contributed by atoms with Gasteiger partial charge in [0.1, 0.15) is 17.9 Å². The minimum Gasteiger partial charge on any atom is -0.373 e. The Morgan fingerprint density at radius 3 is 2.59 bits per heavy atom. The van der Waals surface area contributed by atoms with E-state index in [0.29, 0.717) is 35.5 Å². The topological polar surface area (TPSA) is 99.0 Å². The van der Waals surface area contributed by atoms with Crippen molar-refractivity contribution < 1.29 is 9.59 Å². The van der Waals surface area contributed by atoms with Crippen LogP contribution in [0.1, 0.15) is 37.4 Å². The van der Waals surface area contributed by atoms with E-state index < -0.39 is 6.04 Å². The van der Waals surface area contributed by atoms with E-state index in [2.05, 4.69) is 21.4 Å². The Kier molecular flexibility index (Phi) is 6.23. The monoisotopic (exact) mass is 391 g/mol. The summed E-state index contributed by atoms with van der Waals surface area (Å²) < 4.78 is 0. The Labute approximate surface area is 170 Å². The summed E-state index contributed by atoms with van der Waals surface area (Å²) in [6, 6.07) is 7.05. The van der Waals surface area contributed by atoms with Gasteiger partial charge in [-0.3, -0.25) is 19.6 Å². The molecule has 3 rings (SSSR count). The van der Waals surface area contributed by atoms with E-state index in [0.717, 1.165) is 18.4 Å². The van der Waals surface area contributed by atoms with Crippen LogP contribution in [-0.2, 0) is 16.0 Å². The number of anilines is 1. The Morgan fingerprint density at radius 2 is 2.03 bits per heavy atom. The predicted molar refractivity (Wildman–Crippen MR) is 110 cm³/mol. The Balaban J connectivity index is 1.81. The summed E-state index contributed by atoms with van der Waals surface area (Å²) in [7, 11) is 3.42. The third-order valence-electron chi connectivity index (χ3n) is 5.01. The molecule has 1 aliphatic carbocycles. The molecule has 0 spiro atoms. The molecule has 0 saturated heterocycles. The first-order chi connectivity index (χ1) is 13.9. The number of benzene rings is 1. The summed E-state index contributed by atoms with van der Waals surface area (Å²) in [5.74, 6) is 0.388. The molecule has 1 amide bonds. The summed E-state index contributed by atoms with van der Waals surface area (Å²) in [5, 5.41) is 12.6. The molecule has 1 atom stereocenters. The summed E-state index contributed by atoms with van der Waals surface area (Å²) in [4.78, 5) is 34.6. The third-order valence-corrected chi connectivity index (χ3v) is 5.01. The second-order valence-electron chi connectivity index (χ2n) is 7.52. The molecular formula is C22H25N5O2. The number of hydrogen-bond donors (Lipinski definition) is 1. The maximum absolute atomic E-state index is 12.3. The number of aromatic nitrogens is 2. The number of carbonyl (C=O) groups is 2. The lowest BCUT2D eigenvalue weighted by Crippen LogP contribution is -2.38. The quantitative estimate of drug-likeness (QED) is 0.743. The summed E-state index contributed by atoms with van der Waals surface area (Å²) in [6.07, 6.45) is 6.16. The molecule has 1 fully saturated rings. The van der Waals surface area contributed by atoms with Gasteiger partial charge in [0, 0.05) is 31.8 Å². The zero-order valence-corrected chi connectivity index (χ0v) is 17.0. The number of ketones is 1. The van der Waals surface area contributed by atoms with E-state index in [9.17, 15) is 14.9 Å². The van der Waals surface area contributed by atoms with Crippen LogP contribution in [0, 0.1) is 17.2 Å². The van der Waals surface area contributed by atoms with E-state index in [4.69, 9.17) is 0 Å². The molecule has 2 aromatic rings. The molecule has 1 N–H and O–H groups in total. The highest BCUT2D eigenvalue weighted by atomic mass is 16.2. The fourth-order valence-electron chi connectivity index (χ4n) is 3.08. The van der Waals surface area contributed by atoms with Crippen molar-refractivity contribution in [3.05, 3.63) is 41.9 Å². The summed E-state index contributed by atoms with van der Waals surface area (Å²) in [6.45, 7) is 1.92. The van der Waals surface area contributed by atoms with Crippen molar-refractivity contribution in [1.29, 1.82) is 5.26 Å². The average Bonchev–Trinajstić information content (AvgIpc) is 3.57. The minimum atomic E-state index is -0.422. The van der Waals surface area contributed by atoms with Gasteiger partial charge in [0.15, 0.2) is 0 Å². The average molecular weight is 391 g/mol. The van der Waals surface area contributed by atoms with E-state index in [1.807, 2.05) is 13.0 Å². The number of Topliss-reactive ketones (excluding diaryl/α,β-unsaturated/α-hetero) is 1. The molecule has 29 heavy (non-hydrogen) atoms. The zero-order chi connectivity index (χ0) is 21.0. The van der Waals surface area contributed by atoms with Crippen LogP contribution in [0.25, 0.3) is 11.3 Å². The Morgan fingerprint density at radius 1 is 1.28 bits per heavy atom. The van der Waals surface area contributed by atoms with Crippen LogP contribution in [0.15, 0.2) is 30.6 Å². The molecule has 0 aliphatic heterocycles. The van der Waals surface area contributed by atoms with Gasteiger partial charge in [0.2, 0.25) is 5.91 Å². The van der Waals surface area contributed by atoms with Crippen LogP contribution in [0.4, 0.5) is 5.69 Å². The molecule has 0 radical (unpaired) electrons. The molecule has 0 bridgehead atoms. The summed E-state index contributed by atoms with van der Waals surface area (Å²) >= 11 is 0. The summed E-state index contributed by atoms with van der Waals surface area (Å²) in [5.41, 5.74) is 3.14. The van der Waals surface area contributed by atoms with Gasteiger partial charge in [-0.2, -0.15) is 5.26 Å². The number of nitriles is 1. The highest BCUT2D eigenvalue weighted by Crippen LogP contribution is 2.31. The normalized spacial score (nSPS) is 14.0. The number of amides is 1. The van der Waals surface area contributed by atoms with E-state index in [1.165, 1.54) is 4.90 Å². The van der Waals surface area contributed by atoms with Gasteiger partial charge in [-0.25, -0.2) is 0 Å². The van der Waals surface area contributed by atoms with E-state index in [-0.39, 0.29) is 17.6 Å². The molecule has 1 saturated carbocycles. The molecule has 150 valence electrons.